The van der Waals surface area contributed by atoms with E-state index in [-0.39, 0.29) is 18.6 Å². The largest absolute Gasteiger partial charge is 0.394 e. The normalized spacial score (nSPS) is 40.6. The average molecular weight is 222 g/mol. The molecule has 1 aliphatic rings. The van der Waals surface area contributed by atoms with Crippen molar-refractivity contribution in [1.29, 1.82) is 0 Å². The maximum atomic E-state index is 9.42. The number of hydrogen-bond donors (Lipinski definition) is 3. The Morgan fingerprint density at radius 1 is 1.27 bits per heavy atom. The third-order valence-electron chi connectivity index (χ3n) is 2.48. The van der Waals surface area contributed by atoms with Crippen molar-refractivity contribution in [1.82, 2.24) is 0 Å². The Bertz CT molecular complexity index is 162. The Labute approximate surface area is 90.6 Å². The molecular weight excluding hydrogens is 200 g/mol. The van der Waals surface area contributed by atoms with E-state index in [1.54, 1.807) is 6.92 Å². The Morgan fingerprint density at radius 2 is 1.80 bits per heavy atom. The lowest BCUT2D eigenvalue weighted by Crippen LogP contribution is -2.54. The van der Waals surface area contributed by atoms with E-state index in [2.05, 4.69) is 0 Å². The van der Waals surface area contributed by atoms with E-state index in [1.165, 1.54) is 7.11 Å². The molecule has 5 unspecified atom stereocenters. The number of methoxy groups -OCH3 is 1. The van der Waals surface area contributed by atoms with Crippen LogP contribution in [0, 0.1) is 5.92 Å². The lowest BCUT2D eigenvalue weighted by molar-refractivity contribution is -0.275. The fraction of sp³-hybridized carbons (Fsp3) is 1.00. The van der Waals surface area contributed by atoms with Crippen LogP contribution in [-0.2, 0) is 9.47 Å². The van der Waals surface area contributed by atoms with Crippen molar-refractivity contribution in [3.8, 4) is 0 Å². The van der Waals surface area contributed by atoms with Gasteiger partial charge in [-0.25, -0.2) is 0 Å². The van der Waals surface area contributed by atoms with Gasteiger partial charge in [0.25, 0.3) is 0 Å². The molecule has 0 aromatic rings. The number of hydrogen-bond acceptors (Lipinski definition) is 5. The van der Waals surface area contributed by atoms with Gasteiger partial charge >= 0.3 is 0 Å². The first kappa shape index (κ1) is 14.8. The zero-order valence-electron chi connectivity index (χ0n) is 9.75. The summed E-state index contributed by atoms with van der Waals surface area (Å²) in [6.07, 6.45) is -3.16. The lowest BCUT2D eigenvalue weighted by atomic mass is 9.91. The van der Waals surface area contributed by atoms with Crippen molar-refractivity contribution >= 4 is 0 Å². The third-order valence-corrected chi connectivity index (χ3v) is 2.48. The van der Waals surface area contributed by atoms with Crippen LogP contribution in [0.2, 0.25) is 0 Å². The summed E-state index contributed by atoms with van der Waals surface area (Å²) in [5.74, 6) is -0.258. The molecule has 0 radical (unpaired) electrons. The van der Waals surface area contributed by atoms with Gasteiger partial charge in [0.15, 0.2) is 6.29 Å². The topological polar surface area (TPSA) is 79.2 Å². The second-order valence-corrected chi connectivity index (χ2v) is 3.30. The summed E-state index contributed by atoms with van der Waals surface area (Å²) in [6, 6.07) is 0. The monoisotopic (exact) mass is 222 g/mol. The minimum absolute atomic E-state index is 0.230. The summed E-state index contributed by atoms with van der Waals surface area (Å²) in [5.41, 5.74) is 0. The first-order chi connectivity index (χ1) is 7.11. The highest BCUT2D eigenvalue weighted by molar-refractivity contribution is 4.86. The molecule has 0 spiro atoms. The maximum Gasteiger partial charge on any atom is 0.181 e. The number of aliphatic hydroxyl groups is 3. The van der Waals surface area contributed by atoms with E-state index < -0.39 is 18.5 Å². The predicted molar refractivity (Wildman–Crippen MR) is 55.3 cm³/mol. The van der Waals surface area contributed by atoms with Crippen LogP contribution in [0.1, 0.15) is 20.8 Å². The molecule has 0 saturated carbocycles. The second kappa shape index (κ2) is 7.14. The number of ether oxygens (including phenoxy) is 2. The van der Waals surface area contributed by atoms with Gasteiger partial charge in [-0.1, -0.05) is 20.8 Å². The highest BCUT2D eigenvalue weighted by Crippen LogP contribution is 2.26. The van der Waals surface area contributed by atoms with Crippen molar-refractivity contribution < 1.29 is 24.8 Å². The summed E-state index contributed by atoms with van der Waals surface area (Å²) in [5, 5.41) is 27.6. The molecule has 0 amide bonds. The fourth-order valence-corrected chi connectivity index (χ4v) is 1.64. The molecule has 15 heavy (non-hydrogen) atoms. The van der Waals surface area contributed by atoms with Crippen molar-refractivity contribution in [3.63, 3.8) is 0 Å². The molecule has 5 nitrogen and oxygen atoms in total. The molecular formula is C10H22O5. The van der Waals surface area contributed by atoms with Crippen molar-refractivity contribution in [2.24, 2.45) is 5.92 Å². The Kier molecular flexibility index (Phi) is 7.04. The molecule has 5 atom stereocenters. The van der Waals surface area contributed by atoms with Gasteiger partial charge in [0.05, 0.1) is 12.7 Å². The van der Waals surface area contributed by atoms with Gasteiger partial charge < -0.3 is 24.8 Å². The molecule has 1 saturated heterocycles. The van der Waals surface area contributed by atoms with Gasteiger partial charge in [0.2, 0.25) is 0 Å². The van der Waals surface area contributed by atoms with Crippen molar-refractivity contribution in [2.45, 2.75) is 45.4 Å². The third kappa shape index (κ3) is 3.39. The summed E-state index contributed by atoms with van der Waals surface area (Å²) in [4.78, 5) is 0. The molecule has 1 heterocycles. The van der Waals surface area contributed by atoms with Gasteiger partial charge in [-0.15, -0.1) is 0 Å². The first-order valence-electron chi connectivity index (χ1n) is 5.27. The van der Waals surface area contributed by atoms with Gasteiger partial charge in [0.1, 0.15) is 12.2 Å². The molecule has 0 aromatic heterocycles. The molecule has 0 aliphatic carbocycles. The maximum absolute atomic E-state index is 9.42. The van der Waals surface area contributed by atoms with Gasteiger partial charge in [0, 0.05) is 13.0 Å². The van der Waals surface area contributed by atoms with E-state index in [9.17, 15) is 10.2 Å². The minimum Gasteiger partial charge on any atom is -0.394 e. The summed E-state index contributed by atoms with van der Waals surface area (Å²) in [7, 11) is 1.48. The van der Waals surface area contributed by atoms with Crippen molar-refractivity contribution in [2.75, 3.05) is 13.7 Å². The van der Waals surface area contributed by atoms with Gasteiger partial charge in [-0.2, -0.15) is 0 Å². The lowest BCUT2D eigenvalue weighted by Gasteiger charge is -2.40. The van der Waals surface area contributed by atoms with E-state index in [4.69, 9.17) is 14.6 Å². The van der Waals surface area contributed by atoms with Crippen LogP contribution >= 0.6 is 0 Å². The van der Waals surface area contributed by atoms with E-state index in [0.717, 1.165) is 0 Å². The number of aliphatic hydroxyl groups excluding tert-OH is 3. The smallest absolute Gasteiger partial charge is 0.181 e. The SMILES string of the molecule is CC.COC1C(CO)OC(O)C(O)C1C. The van der Waals surface area contributed by atoms with Crippen LogP contribution in [0.15, 0.2) is 0 Å². The quantitative estimate of drug-likeness (QED) is 0.599. The highest BCUT2D eigenvalue weighted by Gasteiger charge is 2.41. The highest BCUT2D eigenvalue weighted by atomic mass is 16.6. The van der Waals surface area contributed by atoms with E-state index >= 15 is 0 Å². The van der Waals surface area contributed by atoms with Crippen LogP contribution in [0.3, 0.4) is 0 Å². The molecule has 0 bridgehead atoms. The minimum atomic E-state index is -1.24. The van der Waals surface area contributed by atoms with Crippen LogP contribution in [-0.4, -0.2) is 53.6 Å². The molecule has 1 rings (SSSR count). The van der Waals surface area contributed by atoms with Crippen LogP contribution < -0.4 is 0 Å². The molecule has 3 N–H and O–H groups in total. The fourth-order valence-electron chi connectivity index (χ4n) is 1.64. The molecule has 5 heteroatoms. The average Bonchev–Trinajstić information content (AvgIpc) is 2.28. The standard InChI is InChI=1S/C8H16O5.C2H6/c1-4-6(10)8(11)13-5(3-9)7(4)12-2;1-2/h4-11H,3H2,1-2H3;1-2H3. The Balaban J connectivity index is 0.000000921. The first-order valence-corrected chi connectivity index (χ1v) is 5.27. The van der Waals surface area contributed by atoms with Crippen LogP contribution in [0.4, 0.5) is 0 Å². The summed E-state index contributed by atoms with van der Waals surface area (Å²) in [6.45, 7) is 5.51. The van der Waals surface area contributed by atoms with Crippen molar-refractivity contribution in [3.05, 3.63) is 0 Å². The predicted octanol–water partition coefficient (Wildman–Crippen LogP) is -0.266. The zero-order valence-corrected chi connectivity index (χ0v) is 9.75. The van der Waals surface area contributed by atoms with Gasteiger partial charge in [-0.05, 0) is 0 Å². The van der Waals surface area contributed by atoms with E-state index in [1.807, 2.05) is 13.8 Å². The summed E-state index contributed by atoms with van der Waals surface area (Å²) < 4.78 is 10.0. The van der Waals surface area contributed by atoms with Gasteiger partial charge in [-0.3, -0.25) is 0 Å². The van der Waals surface area contributed by atoms with Crippen LogP contribution in [0.5, 0.6) is 0 Å². The number of rotatable bonds is 2. The molecule has 1 fully saturated rings. The Morgan fingerprint density at radius 3 is 2.20 bits per heavy atom. The molecule has 1 aliphatic heterocycles. The molecule has 92 valence electrons. The summed E-state index contributed by atoms with van der Waals surface area (Å²) >= 11 is 0. The van der Waals surface area contributed by atoms with Crippen LogP contribution in [0.25, 0.3) is 0 Å². The Hall–Kier alpha value is -0.200. The van der Waals surface area contributed by atoms with E-state index in [0.29, 0.717) is 0 Å². The zero-order chi connectivity index (χ0) is 12.0. The second-order valence-electron chi connectivity index (χ2n) is 3.30. The molecule has 0 aromatic carbocycles.